The molecule has 2 aromatic carbocycles. The molecule has 138 valence electrons. The van der Waals surface area contributed by atoms with Crippen LogP contribution >= 0.6 is 11.6 Å². The predicted octanol–water partition coefficient (Wildman–Crippen LogP) is 3.30. The van der Waals surface area contributed by atoms with Crippen molar-refractivity contribution in [1.29, 1.82) is 5.26 Å². The van der Waals surface area contributed by atoms with Crippen LogP contribution in [0.15, 0.2) is 41.3 Å². The molecule has 0 aliphatic rings. The highest BCUT2D eigenvalue weighted by atomic mass is 35.5. The molecule has 0 spiro atoms. The fraction of sp³-hybridized carbons (Fsp3) is 0.188. The zero-order valence-corrected chi connectivity index (χ0v) is 14.9. The molecule has 0 saturated carbocycles. The molecular formula is C16H13ClF2N2O4S. The first-order valence-electron chi connectivity index (χ1n) is 7.08. The van der Waals surface area contributed by atoms with Crippen molar-refractivity contribution < 1.29 is 26.7 Å². The van der Waals surface area contributed by atoms with E-state index in [0.717, 1.165) is 0 Å². The van der Waals surface area contributed by atoms with Gasteiger partial charge in [-0.05, 0) is 35.9 Å². The largest absolute Gasteiger partial charge is 0.493 e. The first kappa shape index (κ1) is 19.9. The SMILES string of the molecule is COc1cc(CNS(=O)(=O)c2ccc(C#N)c(Cl)c2)ccc1OC(F)F. The maximum absolute atomic E-state index is 12.3. The summed E-state index contributed by atoms with van der Waals surface area (Å²) < 4.78 is 60.9. The van der Waals surface area contributed by atoms with Crippen LogP contribution in [0.2, 0.25) is 5.02 Å². The lowest BCUT2D eigenvalue weighted by molar-refractivity contribution is -0.0512. The molecule has 10 heteroatoms. The lowest BCUT2D eigenvalue weighted by Gasteiger charge is -2.12. The van der Waals surface area contributed by atoms with Gasteiger partial charge < -0.3 is 9.47 Å². The third-order valence-corrected chi connectivity index (χ3v) is 4.99. The summed E-state index contributed by atoms with van der Waals surface area (Å²) in [5, 5.41) is 8.84. The zero-order valence-electron chi connectivity index (χ0n) is 13.4. The number of rotatable bonds is 7. The Morgan fingerprint density at radius 3 is 2.54 bits per heavy atom. The summed E-state index contributed by atoms with van der Waals surface area (Å²) in [7, 11) is -2.61. The first-order chi connectivity index (χ1) is 12.3. The summed E-state index contributed by atoms with van der Waals surface area (Å²) >= 11 is 5.84. The van der Waals surface area contributed by atoms with Gasteiger partial charge in [0.25, 0.3) is 0 Å². The summed E-state index contributed by atoms with van der Waals surface area (Å²) in [6.07, 6.45) is 0. The molecule has 0 amide bonds. The van der Waals surface area contributed by atoms with Crippen LogP contribution in [0.1, 0.15) is 11.1 Å². The van der Waals surface area contributed by atoms with E-state index in [0.29, 0.717) is 5.56 Å². The second-order valence-corrected chi connectivity index (χ2v) is 7.12. The quantitative estimate of drug-likeness (QED) is 0.767. The number of alkyl halides is 2. The van der Waals surface area contributed by atoms with E-state index < -0.39 is 16.6 Å². The van der Waals surface area contributed by atoms with E-state index in [4.69, 9.17) is 21.6 Å². The van der Waals surface area contributed by atoms with Crippen LogP contribution in [0.4, 0.5) is 8.78 Å². The number of benzene rings is 2. The molecule has 0 atom stereocenters. The topological polar surface area (TPSA) is 88.4 Å². The smallest absolute Gasteiger partial charge is 0.387 e. The second-order valence-electron chi connectivity index (χ2n) is 4.94. The molecule has 0 saturated heterocycles. The molecule has 1 N–H and O–H groups in total. The zero-order chi connectivity index (χ0) is 19.3. The maximum Gasteiger partial charge on any atom is 0.387 e. The molecule has 2 rings (SSSR count). The van der Waals surface area contributed by atoms with Crippen LogP contribution in [-0.4, -0.2) is 22.1 Å². The molecule has 2 aromatic rings. The number of sulfonamides is 1. The number of ether oxygens (including phenoxy) is 2. The van der Waals surface area contributed by atoms with Crippen LogP contribution in [-0.2, 0) is 16.6 Å². The summed E-state index contributed by atoms with van der Waals surface area (Å²) in [5.74, 6) is -0.114. The van der Waals surface area contributed by atoms with E-state index in [9.17, 15) is 17.2 Å². The molecule has 0 aliphatic carbocycles. The number of methoxy groups -OCH3 is 1. The van der Waals surface area contributed by atoms with E-state index in [1.165, 1.54) is 43.5 Å². The molecule has 6 nitrogen and oxygen atoms in total. The highest BCUT2D eigenvalue weighted by Gasteiger charge is 2.17. The Bertz CT molecular complexity index is 946. The fourth-order valence-electron chi connectivity index (χ4n) is 2.03. The number of nitrogens with one attached hydrogen (secondary N) is 1. The van der Waals surface area contributed by atoms with E-state index in [1.807, 2.05) is 6.07 Å². The number of hydrogen-bond donors (Lipinski definition) is 1. The molecule has 0 radical (unpaired) electrons. The van der Waals surface area contributed by atoms with Crippen LogP contribution in [0.3, 0.4) is 0 Å². The van der Waals surface area contributed by atoms with E-state index >= 15 is 0 Å². The molecule has 0 bridgehead atoms. The van der Waals surface area contributed by atoms with Gasteiger partial charge >= 0.3 is 6.61 Å². The van der Waals surface area contributed by atoms with Crippen molar-refractivity contribution in [1.82, 2.24) is 4.72 Å². The molecular weight excluding hydrogens is 390 g/mol. The lowest BCUT2D eigenvalue weighted by Crippen LogP contribution is -2.23. The molecule has 0 aliphatic heterocycles. The normalized spacial score (nSPS) is 11.2. The van der Waals surface area contributed by atoms with Crippen LogP contribution in [0.25, 0.3) is 0 Å². The number of nitrogens with zero attached hydrogens (tertiary/aromatic N) is 1. The van der Waals surface area contributed by atoms with Crippen molar-refractivity contribution in [2.75, 3.05) is 7.11 Å². The Balaban J connectivity index is 2.17. The molecule has 0 aromatic heterocycles. The maximum atomic E-state index is 12.3. The van der Waals surface area contributed by atoms with E-state index in [1.54, 1.807) is 0 Å². The minimum absolute atomic E-state index is 0.0190. The number of halogens is 3. The summed E-state index contributed by atoms with van der Waals surface area (Å²) in [6.45, 7) is -3.12. The average Bonchev–Trinajstić information content (AvgIpc) is 2.60. The van der Waals surface area contributed by atoms with Gasteiger partial charge in [0.05, 0.1) is 22.6 Å². The Hall–Kier alpha value is -2.41. The van der Waals surface area contributed by atoms with Crippen molar-refractivity contribution in [3.05, 3.63) is 52.5 Å². The van der Waals surface area contributed by atoms with Crippen molar-refractivity contribution >= 4 is 21.6 Å². The van der Waals surface area contributed by atoms with Crippen LogP contribution in [0, 0.1) is 11.3 Å². The fourth-order valence-corrected chi connectivity index (χ4v) is 3.36. The van der Waals surface area contributed by atoms with Gasteiger partial charge in [-0.15, -0.1) is 0 Å². The minimum Gasteiger partial charge on any atom is -0.493 e. The van der Waals surface area contributed by atoms with Gasteiger partial charge in [-0.3, -0.25) is 0 Å². The molecule has 0 fully saturated rings. The standard InChI is InChI=1S/C16H13ClF2N2O4S/c1-24-15-6-10(2-5-14(15)25-16(18)19)9-21-26(22,23)12-4-3-11(8-20)13(17)7-12/h2-7,16,21H,9H2,1H3. The third kappa shape index (κ3) is 4.82. The van der Waals surface area contributed by atoms with Gasteiger partial charge in [0.15, 0.2) is 11.5 Å². The summed E-state index contributed by atoms with van der Waals surface area (Å²) in [4.78, 5) is -0.105. The summed E-state index contributed by atoms with van der Waals surface area (Å²) in [6, 6.07) is 9.63. The number of hydrogen-bond acceptors (Lipinski definition) is 5. The first-order valence-corrected chi connectivity index (χ1v) is 8.94. The number of nitriles is 1. The van der Waals surface area contributed by atoms with E-state index in [-0.39, 0.29) is 33.5 Å². The van der Waals surface area contributed by atoms with Gasteiger partial charge in [0, 0.05) is 6.54 Å². The van der Waals surface area contributed by atoms with Crippen molar-refractivity contribution in [3.63, 3.8) is 0 Å². The van der Waals surface area contributed by atoms with Gasteiger partial charge in [0.2, 0.25) is 10.0 Å². The lowest BCUT2D eigenvalue weighted by atomic mass is 10.2. The van der Waals surface area contributed by atoms with Crippen molar-refractivity contribution in [2.24, 2.45) is 0 Å². The monoisotopic (exact) mass is 402 g/mol. The summed E-state index contributed by atoms with van der Waals surface area (Å²) in [5.41, 5.74) is 0.622. The Morgan fingerprint density at radius 2 is 1.96 bits per heavy atom. The Morgan fingerprint density at radius 1 is 1.23 bits per heavy atom. The van der Waals surface area contributed by atoms with Crippen molar-refractivity contribution in [2.45, 2.75) is 18.1 Å². The minimum atomic E-state index is -3.89. The molecule has 0 heterocycles. The molecule has 0 unspecified atom stereocenters. The predicted molar refractivity (Wildman–Crippen MR) is 89.8 cm³/mol. The Kier molecular flexibility index (Phi) is 6.37. The average molecular weight is 403 g/mol. The highest BCUT2D eigenvalue weighted by Crippen LogP contribution is 2.29. The van der Waals surface area contributed by atoms with Crippen molar-refractivity contribution in [3.8, 4) is 17.6 Å². The Labute approximate surface area is 154 Å². The highest BCUT2D eigenvalue weighted by molar-refractivity contribution is 7.89. The van der Waals surface area contributed by atoms with Gasteiger partial charge in [0.1, 0.15) is 6.07 Å². The van der Waals surface area contributed by atoms with Gasteiger partial charge in [-0.1, -0.05) is 17.7 Å². The van der Waals surface area contributed by atoms with E-state index in [2.05, 4.69) is 9.46 Å². The van der Waals surface area contributed by atoms with Gasteiger partial charge in [-0.2, -0.15) is 14.0 Å². The van der Waals surface area contributed by atoms with Gasteiger partial charge in [-0.25, -0.2) is 13.1 Å². The molecule has 26 heavy (non-hydrogen) atoms. The van der Waals surface area contributed by atoms with Crippen LogP contribution < -0.4 is 14.2 Å². The van der Waals surface area contributed by atoms with Crippen LogP contribution in [0.5, 0.6) is 11.5 Å². The third-order valence-electron chi connectivity index (χ3n) is 3.28. The second kappa shape index (κ2) is 8.31.